The number of halogens is 3. The van der Waals surface area contributed by atoms with E-state index in [1.165, 1.54) is 0 Å². The first kappa shape index (κ1) is 9.55. The normalized spacial score (nSPS) is 22.1. The maximum atomic E-state index is 12.5. The van der Waals surface area contributed by atoms with E-state index in [1.807, 2.05) is 6.92 Å². The van der Waals surface area contributed by atoms with E-state index < -0.39 is 11.9 Å². The van der Waals surface area contributed by atoms with Gasteiger partial charge in [-0.2, -0.15) is 18.3 Å². The van der Waals surface area contributed by atoms with Gasteiger partial charge in [0.05, 0.1) is 0 Å². The molecule has 1 N–H and O–H groups in total. The molecular formula is C9H11F3N2. The maximum Gasteiger partial charge on any atom is 0.435 e. The van der Waals surface area contributed by atoms with Gasteiger partial charge in [0.2, 0.25) is 0 Å². The summed E-state index contributed by atoms with van der Waals surface area (Å²) < 4.78 is 37.4. The summed E-state index contributed by atoms with van der Waals surface area (Å²) in [6, 6.07) is 0. The van der Waals surface area contributed by atoms with Crippen molar-refractivity contribution in [3.63, 3.8) is 0 Å². The zero-order valence-electron chi connectivity index (χ0n) is 7.78. The Labute approximate surface area is 79.5 Å². The number of aromatic amines is 1. The summed E-state index contributed by atoms with van der Waals surface area (Å²) in [5.41, 5.74) is 0.311. The van der Waals surface area contributed by atoms with Crippen LogP contribution in [0.2, 0.25) is 0 Å². The number of nitrogens with zero attached hydrogens (tertiary/aromatic N) is 1. The number of H-pyrrole nitrogens is 1. The molecule has 0 bridgehead atoms. The Hall–Kier alpha value is -1.00. The van der Waals surface area contributed by atoms with E-state index in [0.29, 0.717) is 30.0 Å². The molecule has 0 amide bonds. The minimum Gasteiger partial charge on any atom is -0.282 e. The molecule has 1 aliphatic carbocycles. The van der Waals surface area contributed by atoms with Crippen LogP contribution in [0.5, 0.6) is 0 Å². The van der Waals surface area contributed by atoms with Crippen LogP contribution >= 0.6 is 0 Å². The Morgan fingerprint density at radius 3 is 2.79 bits per heavy atom. The van der Waals surface area contributed by atoms with Crippen LogP contribution in [0, 0.1) is 5.92 Å². The van der Waals surface area contributed by atoms with Gasteiger partial charge in [-0.25, -0.2) is 0 Å². The van der Waals surface area contributed by atoms with Crippen molar-refractivity contribution >= 4 is 0 Å². The highest BCUT2D eigenvalue weighted by atomic mass is 19.4. The third-order valence-electron chi connectivity index (χ3n) is 2.66. The van der Waals surface area contributed by atoms with E-state index in [0.717, 1.165) is 6.42 Å². The Bertz CT molecular complexity index is 340. The summed E-state index contributed by atoms with van der Waals surface area (Å²) in [7, 11) is 0. The first-order chi connectivity index (χ1) is 6.48. The van der Waals surface area contributed by atoms with Crippen LogP contribution in [0.15, 0.2) is 0 Å². The zero-order valence-corrected chi connectivity index (χ0v) is 7.78. The van der Waals surface area contributed by atoms with Crippen LogP contribution in [0.25, 0.3) is 0 Å². The van der Waals surface area contributed by atoms with Gasteiger partial charge in [-0.15, -0.1) is 0 Å². The molecule has 0 saturated heterocycles. The molecule has 0 spiro atoms. The van der Waals surface area contributed by atoms with Gasteiger partial charge in [0.1, 0.15) is 0 Å². The molecular weight excluding hydrogens is 193 g/mol. The molecule has 14 heavy (non-hydrogen) atoms. The Balaban J connectivity index is 2.41. The number of nitrogens with one attached hydrogen (secondary N) is 1. The molecule has 5 heteroatoms. The topological polar surface area (TPSA) is 28.7 Å². The van der Waals surface area contributed by atoms with Crippen LogP contribution in [0.1, 0.15) is 30.3 Å². The monoisotopic (exact) mass is 204 g/mol. The average molecular weight is 204 g/mol. The van der Waals surface area contributed by atoms with Crippen molar-refractivity contribution < 1.29 is 13.2 Å². The van der Waals surface area contributed by atoms with Crippen molar-refractivity contribution in [2.75, 3.05) is 0 Å². The molecule has 1 atom stereocenters. The fourth-order valence-electron chi connectivity index (χ4n) is 1.90. The molecule has 0 aromatic carbocycles. The largest absolute Gasteiger partial charge is 0.435 e. The molecule has 0 radical (unpaired) electrons. The first-order valence-corrected chi connectivity index (χ1v) is 4.62. The molecule has 0 fully saturated rings. The summed E-state index contributed by atoms with van der Waals surface area (Å²) >= 11 is 0. The predicted octanol–water partition coefficient (Wildman–Crippen LogP) is 2.55. The smallest absolute Gasteiger partial charge is 0.282 e. The van der Waals surface area contributed by atoms with Crippen molar-refractivity contribution in [3.05, 3.63) is 17.0 Å². The predicted molar refractivity (Wildman–Crippen MR) is 44.8 cm³/mol. The fourth-order valence-corrected chi connectivity index (χ4v) is 1.90. The number of hydrogen-bond acceptors (Lipinski definition) is 1. The fraction of sp³-hybridized carbons (Fsp3) is 0.667. The second-order valence-electron chi connectivity index (χ2n) is 3.88. The molecule has 0 saturated carbocycles. The molecule has 0 aliphatic heterocycles. The Morgan fingerprint density at radius 1 is 1.43 bits per heavy atom. The highest BCUT2D eigenvalue weighted by Gasteiger charge is 2.38. The van der Waals surface area contributed by atoms with Gasteiger partial charge in [-0.05, 0) is 25.2 Å². The number of aromatic nitrogens is 2. The lowest BCUT2D eigenvalue weighted by atomic mass is 9.88. The van der Waals surface area contributed by atoms with Crippen molar-refractivity contribution in [1.29, 1.82) is 0 Å². The minimum absolute atomic E-state index is 0.321. The van der Waals surface area contributed by atoms with Crippen LogP contribution in [-0.4, -0.2) is 10.2 Å². The maximum absolute atomic E-state index is 12.5. The Kier molecular flexibility index (Phi) is 2.05. The highest BCUT2D eigenvalue weighted by molar-refractivity contribution is 5.30. The van der Waals surface area contributed by atoms with Gasteiger partial charge in [-0.1, -0.05) is 6.92 Å². The van der Waals surface area contributed by atoms with E-state index in [4.69, 9.17) is 0 Å². The first-order valence-electron chi connectivity index (χ1n) is 4.62. The van der Waals surface area contributed by atoms with E-state index in [-0.39, 0.29) is 0 Å². The Morgan fingerprint density at radius 2 is 2.14 bits per heavy atom. The van der Waals surface area contributed by atoms with E-state index in [1.54, 1.807) is 0 Å². The number of alkyl halides is 3. The molecule has 2 rings (SSSR count). The van der Waals surface area contributed by atoms with E-state index in [2.05, 4.69) is 10.2 Å². The third-order valence-corrected chi connectivity index (χ3v) is 2.66. The highest BCUT2D eigenvalue weighted by Crippen LogP contribution is 2.35. The van der Waals surface area contributed by atoms with Gasteiger partial charge < -0.3 is 0 Å². The lowest BCUT2D eigenvalue weighted by Gasteiger charge is -2.18. The lowest BCUT2D eigenvalue weighted by molar-refractivity contribution is -0.141. The summed E-state index contributed by atoms with van der Waals surface area (Å²) in [6.07, 6.45) is -2.21. The molecule has 1 heterocycles. The molecule has 1 aromatic rings. The van der Waals surface area contributed by atoms with Crippen LogP contribution in [0.3, 0.4) is 0 Å². The van der Waals surface area contributed by atoms with Crippen molar-refractivity contribution in [2.45, 2.75) is 32.4 Å². The van der Waals surface area contributed by atoms with Crippen LogP contribution in [0.4, 0.5) is 13.2 Å². The SMILES string of the molecule is CC1CCc2[nH]nc(C(F)(F)F)c2C1. The minimum atomic E-state index is -4.32. The van der Waals surface area contributed by atoms with Crippen molar-refractivity contribution in [3.8, 4) is 0 Å². The number of fused-ring (bicyclic) bond motifs is 1. The molecule has 78 valence electrons. The average Bonchev–Trinajstić information content (AvgIpc) is 2.45. The third kappa shape index (κ3) is 1.51. The number of aryl methyl sites for hydroxylation is 1. The van der Waals surface area contributed by atoms with Crippen LogP contribution < -0.4 is 0 Å². The number of hydrogen-bond donors (Lipinski definition) is 1. The standard InChI is InChI=1S/C9H11F3N2/c1-5-2-3-7-6(4-5)8(14-13-7)9(10,11)12/h5H,2-4H2,1H3,(H,13,14). The molecule has 2 nitrogen and oxygen atoms in total. The zero-order chi connectivity index (χ0) is 10.3. The van der Waals surface area contributed by atoms with Gasteiger partial charge in [0, 0.05) is 11.3 Å². The quantitative estimate of drug-likeness (QED) is 0.691. The summed E-state index contributed by atoms with van der Waals surface area (Å²) in [5.74, 6) is 0.321. The second-order valence-corrected chi connectivity index (χ2v) is 3.88. The molecule has 1 aliphatic rings. The summed E-state index contributed by atoms with van der Waals surface area (Å²) in [4.78, 5) is 0. The molecule has 1 unspecified atom stereocenters. The van der Waals surface area contributed by atoms with Gasteiger partial charge in [0.15, 0.2) is 5.69 Å². The van der Waals surface area contributed by atoms with Gasteiger partial charge in [-0.3, -0.25) is 5.10 Å². The van der Waals surface area contributed by atoms with Crippen molar-refractivity contribution in [1.82, 2.24) is 10.2 Å². The summed E-state index contributed by atoms with van der Waals surface area (Å²) in [6.45, 7) is 1.97. The second kappa shape index (κ2) is 3.00. The number of rotatable bonds is 0. The van der Waals surface area contributed by atoms with Gasteiger partial charge >= 0.3 is 6.18 Å². The van der Waals surface area contributed by atoms with Gasteiger partial charge in [0.25, 0.3) is 0 Å². The lowest BCUT2D eigenvalue weighted by Crippen LogP contribution is -2.15. The van der Waals surface area contributed by atoms with Crippen LogP contribution in [-0.2, 0) is 19.0 Å². The summed E-state index contributed by atoms with van der Waals surface area (Å²) in [5, 5.41) is 5.84. The van der Waals surface area contributed by atoms with Crippen molar-refractivity contribution in [2.24, 2.45) is 5.92 Å². The van der Waals surface area contributed by atoms with E-state index >= 15 is 0 Å². The van der Waals surface area contributed by atoms with E-state index in [9.17, 15) is 13.2 Å². The molecule has 1 aromatic heterocycles.